The average molecular weight is 470 g/mol. The average Bonchev–Trinajstić information content (AvgIpc) is 2.65. The number of benzene rings is 1. The number of nitrogens with two attached hydrogens (primary N) is 1. The van der Waals surface area contributed by atoms with Crippen molar-refractivity contribution in [2.75, 3.05) is 26.9 Å². The van der Waals surface area contributed by atoms with Crippen LogP contribution in [0, 0.1) is 0 Å². The molecule has 1 aromatic carbocycles. The molecule has 6 nitrogen and oxygen atoms in total. The van der Waals surface area contributed by atoms with E-state index >= 15 is 0 Å². The van der Waals surface area contributed by atoms with Gasteiger partial charge < -0.3 is 20.5 Å². The number of nitrogens with one attached hydrogen (secondary N) is 1. The van der Waals surface area contributed by atoms with Crippen LogP contribution in [-0.2, 0) is 17.7 Å². The van der Waals surface area contributed by atoms with Gasteiger partial charge in [0.1, 0.15) is 5.75 Å². The maximum Gasteiger partial charge on any atom is 0.188 e. The molecule has 0 saturated heterocycles. The third kappa shape index (κ3) is 9.00. The van der Waals surface area contributed by atoms with Crippen LogP contribution >= 0.6 is 24.0 Å². The van der Waals surface area contributed by atoms with Crippen LogP contribution in [0.2, 0.25) is 0 Å². The van der Waals surface area contributed by atoms with E-state index in [0.717, 1.165) is 29.8 Å². The number of hydrogen-bond acceptors (Lipinski definition) is 4. The van der Waals surface area contributed by atoms with Crippen LogP contribution in [0.1, 0.15) is 17.7 Å². The smallest absolute Gasteiger partial charge is 0.188 e. The molecule has 1 heterocycles. The minimum atomic E-state index is 0. The minimum Gasteiger partial charge on any atom is -0.493 e. The highest BCUT2D eigenvalue weighted by Crippen LogP contribution is 2.14. The molecule has 7 heteroatoms. The van der Waals surface area contributed by atoms with Gasteiger partial charge in [-0.1, -0.05) is 18.2 Å². The van der Waals surface area contributed by atoms with Gasteiger partial charge in [0.15, 0.2) is 5.96 Å². The summed E-state index contributed by atoms with van der Waals surface area (Å²) in [5, 5.41) is 3.11. The Labute approximate surface area is 172 Å². The van der Waals surface area contributed by atoms with Gasteiger partial charge in [0.25, 0.3) is 0 Å². The SMILES string of the molecule is COCCCOc1cccc(CN=C(N)NCCc2ccccn2)c1.I. The van der Waals surface area contributed by atoms with Crippen molar-refractivity contribution in [2.45, 2.75) is 19.4 Å². The topological polar surface area (TPSA) is 81.8 Å². The highest BCUT2D eigenvalue weighted by Gasteiger charge is 1.99. The summed E-state index contributed by atoms with van der Waals surface area (Å²) in [5.41, 5.74) is 7.99. The molecule has 0 aliphatic carbocycles. The number of pyridine rings is 1. The van der Waals surface area contributed by atoms with E-state index in [1.54, 1.807) is 13.3 Å². The molecule has 0 aliphatic rings. The first-order chi connectivity index (χ1) is 12.3. The Balaban J connectivity index is 0.00000338. The van der Waals surface area contributed by atoms with Crippen molar-refractivity contribution in [3.8, 4) is 5.75 Å². The van der Waals surface area contributed by atoms with Crippen molar-refractivity contribution in [2.24, 2.45) is 10.7 Å². The van der Waals surface area contributed by atoms with E-state index in [9.17, 15) is 0 Å². The molecular weight excluding hydrogens is 443 g/mol. The summed E-state index contributed by atoms with van der Waals surface area (Å²) in [5.74, 6) is 1.27. The molecule has 1 aromatic heterocycles. The summed E-state index contributed by atoms with van der Waals surface area (Å²) in [6.45, 7) is 2.55. The molecular formula is C19H27IN4O2. The Hall–Kier alpha value is -1.87. The van der Waals surface area contributed by atoms with Gasteiger partial charge in [-0.15, -0.1) is 24.0 Å². The second kappa shape index (κ2) is 13.3. The van der Waals surface area contributed by atoms with Crippen LogP contribution in [0.15, 0.2) is 53.7 Å². The first kappa shape index (κ1) is 22.2. The number of hydrogen-bond donors (Lipinski definition) is 2. The summed E-state index contributed by atoms with van der Waals surface area (Å²) in [6.07, 6.45) is 3.46. The van der Waals surface area contributed by atoms with E-state index in [2.05, 4.69) is 15.3 Å². The highest BCUT2D eigenvalue weighted by molar-refractivity contribution is 14.0. The Kier molecular flexibility index (Phi) is 11.4. The number of aliphatic imine (C=N–C) groups is 1. The second-order valence-corrected chi connectivity index (χ2v) is 5.54. The molecule has 0 radical (unpaired) electrons. The third-order valence-electron chi connectivity index (χ3n) is 3.51. The molecule has 0 fully saturated rings. The molecule has 0 aliphatic heterocycles. The van der Waals surface area contributed by atoms with E-state index in [0.29, 0.717) is 32.3 Å². The van der Waals surface area contributed by atoms with E-state index < -0.39 is 0 Å². The Morgan fingerprint density at radius 2 is 2.08 bits per heavy atom. The largest absolute Gasteiger partial charge is 0.493 e. The Morgan fingerprint density at radius 3 is 2.85 bits per heavy atom. The van der Waals surface area contributed by atoms with Crippen LogP contribution in [0.5, 0.6) is 5.75 Å². The fourth-order valence-corrected chi connectivity index (χ4v) is 2.22. The van der Waals surface area contributed by atoms with E-state index in [-0.39, 0.29) is 24.0 Å². The molecule has 26 heavy (non-hydrogen) atoms. The fourth-order valence-electron chi connectivity index (χ4n) is 2.22. The number of aromatic nitrogens is 1. The maximum atomic E-state index is 5.91. The molecule has 2 aromatic rings. The van der Waals surface area contributed by atoms with Crippen molar-refractivity contribution in [1.82, 2.24) is 10.3 Å². The van der Waals surface area contributed by atoms with E-state index in [4.69, 9.17) is 15.2 Å². The molecule has 0 unspecified atom stereocenters. The van der Waals surface area contributed by atoms with Gasteiger partial charge in [0, 0.05) is 45.0 Å². The van der Waals surface area contributed by atoms with Gasteiger partial charge in [-0.2, -0.15) is 0 Å². The molecule has 0 spiro atoms. The molecule has 2 rings (SSSR count). The zero-order valence-electron chi connectivity index (χ0n) is 15.1. The molecule has 0 bridgehead atoms. The highest BCUT2D eigenvalue weighted by atomic mass is 127. The lowest BCUT2D eigenvalue weighted by Crippen LogP contribution is -2.33. The first-order valence-corrected chi connectivity index (χ1v) is 8.42. The van der Waals surface area contributed by atoms with Gasteiger partial charge in [0.2, 0.25) is 0 Å². The van der Waals surface area contributed by atoms with Crippen molar-refractivity contribution < 1.29 is 9.47 Å². The van der Waals surface area contributed by atoms with Crippen molar-refractivity contribution >= 4 is 29.9 Å². The number of guanidine groups is 1. The van der Waals surface area contributed by atoms with Crippen LogP contribution in [0.25, 0.3) is 0 Å². The Bertz CT molecular complexity index is 653. The number of nitrogens with zero attached hydrogens (tertiary/aromatic N) is 2. The Morgan fingerprint density at radius 1 is 1.19 bits per heavy atom. The zero-order valence-corrected chi connectivity index (χ0v) is 17.4. The predicted octanol–water partition coefficient (Wildman–Crippen LogP) is 2.76. The van der Waals surface area contributed by atoms with E-state index in [1.807, 2.05) is 42.5 Å². The van der Waals surface area contributed by atoms with Gasteiger partial charge in [-0.3, -0.25) is 4.98 Å². The standard InChI is InChI=1S/C19H26N4O2.HI/c1-24-12-5-13-25-18-8-4-6-16(14-18)15-23-19(20)22-11-9-17-7-2-3-10-21-17;/h2-4,6-8,10,14H,5,9,11-13,15H2,1H3,(H3,20,22,23);1H. The van der Waals surface area contributed by atoms with Crippen molar-refractivity contribution in [3.05, 3.63) is 59.9 Å². The zero-order chi connectivity index (χ0) is 17.7. The van der Waals surface area contributed by atoms with Crippen molar-refractivity contribution in [3.63, 3.8) is 0 Å². The third-order valence-corrected chi connectivity index (χ3v) is 3.51. The van der Waals surface area contributed by atoms with Gasteiger partial charge in [-0.25, -0.2) is 4.99 Å². The van der Waals surface area contributed by atoms with Crippen LogP contribution in [0.3, 0.4) is 0 Å². The lowest BCUT2D eigenvalue weighted by molar-refractivity contribution is 0.172. The first-order valence-electron chi connectivity index (χ1n) is 8.42. The summed E-state index contributed by atoms with van der Waals surface area (Å²) >= 11 is 0. The molecule has 142 valence electrons. The summed E-state index contributed by atoms with van der Waals surface area (Å²) in [4.78, 5) is 8.64. The maximum absolute atomic E-state index is 5.91. The monoisotopic (exact) mass is 470 g/mol. The molecule has 3 N–H and O–H groups in total. The molecule has 0 saturated carbocycles. The second-order valence-electron chi connectivity index (χ2n) is 5.54. The minimum absolute atomic E-state index is 0. The quantitative estimate of drug-likeness (QED) is 0.242. The summed E-state index contributed by atoms with van der Waals surface area (Å²) < 4.78 is 10.7. The van der Waals surface area contributed by atoms with Gasteiger partial charge >= 0.3 is 0 Å². The van der Waals surface area contributed by atoms with Crippen LogP contribution < -0.4 is 15.8 Å². The number of ether oxygens (including phenoxy) is 2. The van der Waals surface area contributed by atoms with E-state index in [1.165, 1.54) is 0 Å². The summed E-state index contributed by atoms with van der Waals surface area (Å²) in [6, 6.07) is 13.8. The van der Waals surface area contributed by atoms with Crippen molar-refractivity contribution in [1.29, 1.82) is 0 Å². The number of methoxy groups -OCH3 is 1. The molecule has 0 amide bonds. The van der Waals surface area contributed by atoms with Crippen LogP contribution in [-0.4, -0.2) is 37.8 Å². The lowest BCUT2D eigenvalue weighted by atomic mass is 10.2. The predicted molar refractivity (Wildman–Crippen MR) is 115 cm³/mol. The normalized spacial score (nSPS) is 10.9. The van der Waals surface area contributed by atoms with Crippen LogP contribution in [0.4, 0.5) is 0 Å². The number of rotatable bonds is 10. The fraction of sp³-hybridized carbons (Fsp3) is 0.368. The van der Waals surface area contributed by atoms with Gasteiger partial charge in [-0.05, 0) is 29.8 Å². The lowest BCUT2D eigenvalue weighted by Gasteiger charge is -2.08. The van der Waals surface area contributed by atoms with Gasteiger partial charge in [0.05, 0.1) is 13.2 Å². The molecule has 0 atom stereocenters. The summed E-state index contributed by atoms with van der Waals surface area (Å²) in [7, 11) is 1.69. The number of halogens is 1.